The number of aromatic nitrogens is 2. The number of hydrogen-bond donors (Lipinski definition) is 3. The van der Waals surface area contributed by atoms with Crippen LogP contribution in [0.2, 0.25) is 5.02 Å². The average Bonchev–Trinajstić information content (AvgIpc) is 3.45. The molecule has 1 amide bonds. The molecule has 0 bridgehead atoms. The molecule has 1 unspecified atom stereocenters. The van der Waals surface area contributed by atoms with Crippen LogP contribution in [0.5, 0.6) is 0 Å². The van der Waals surface area contributed by atoms with Gasteiger partial charge >= 0.3 is 0 Å². The second-order valence-corrected chi connectivity index (χ2v) is 10.1. The summed E-state index contributed by atoms with van der Waals surface area (Å²) >= 11 is 7.21. The van der Waals surface area contributed by atoms with E-state index in [1.54, 1.807) is 16.3 Å². The van der Waals surface area contributed by atoms with Crippen molar-refractivity contribution in [3.05, 3.63) is 58.4 Å². The Morgan fingerprint density at radius 3 is 2.79 bits per heavy atom. The van der Waals surface area contributed by atoms with E-state index in [-0.39, 0.29) is 33.9 Å². The molecule has 1 aliphatic rings. The van der Waals surface area contributed by atoms with Gasteiger partial charge in [-0.3, -0.25) is 9.52 Å². The van der Waals surface area contributed by atoms with Crippen LogP contribution in [0.3, 0.4) is 0 Å². The number of amides is 1. The maximum absolute atomic E-state index is 13.8. The maximum Gasteiger partial charge on any atom is 0.265 e. The Balaban J connectivity index is 1.49. The molecular formula is C20H19ClFN5O4S2. The van der Waals surface area contributed by atoms with Crippen molar-refractivity contribution in [1.29, 1.82) is 0 Å². The number of aliphatic hydroxyl groups excluding tert-OH is 1. The minimum absolute atomic E-state index is 0.0305. The fraction of sp³-hybridized carbons (Fsp3) is 0.250. The van der Waals surface area contributed by atoms with Crippen LogP contribution in [0.15, 0.2) is 46.9 Å². The lowest BCUT2D eigenvalue weighted by Crippen LogP contribution is -2.44. The highest BCUT2D eigenvalue weighted by Gasteiger charge is 2.32. The number of aliphatic hydroxyl groups is 1. The van der Waals surface area contributed by atoms with Gasteiger partial charge in [0, 0.05) is 36.6 Å². The van der Waals surface area contributed by atoms with Gasteiger partial charge in [-0.25, -0.2) is 22.8 Å². The smallest absolute Gasteiger partial charge is 0.265 e. The standard InChI is InChI=1S/C20H19ClFN5O4S2/c21-18-13-5-8-27(15(13)3-2-14(18)22)16(6-9-28)19(29)25-17-4-1-12(11-24-17)33(30,31)26-20-23-7-10-32-20/h1-4,7,10-11,16,28H,5-6,8-9H2,(H,23,26)(H,24,25,29). The lowest BCUT2D eigenvalue weighted by Gasteiger charge is -2.29. The molecule has 2 aromatic heterocycles. The predicted octanol–water partition coefficient (Wildman–Crippen LogP) is 2.88. The SMILES string of the molecule is O=C(Nc1ccc(S(=O)(=O)Nc2nccs2)cn1)C(CCO)N1CCc2c1ccc(F)c2Cl. The van der Waals surface area contributed by atoms with Gasteiger partial charge < -0.3 is 15.3 Å². The first-order valence-corrected chi connectivity index (χ1v) is 12.6. The van der Waals surface area contributed by atoms with Crippen molar-refractivity contribution in [3.8, 4) is 0 Å². The minimum atomic E-state index is -3.87. The van der Waals surface area contributed by atoms with Crippen LogP contribution in [0.25, 0.3) is 0 Å². The molecule has 1 aromatic carbocycles. The van der Waals surface area contributed by atoms with Crippen LogP contribution < -0.4 is 14.9 Å². The quantitative estimate of drug-likeness (QED) is 0.424. The number of nitrogens with zero attached hydrogens (tertiary/aromatic N) is 3. The number of benzene rings is 1. The first-order valence-electron chi connectivity index (χ1n) is 9.84. The zero-order valence-corrected chi connectivity index (χ0v) is 19.4. The Bertz CT molecular complexity index is 1260. The number of fused-ring (bicyclic) bond motifs is 1. The van der Waals surface area contributed by atoms with Gasteiger partial charge in [-0.1, -0.05) is 11.6 Å². The Morgan fingerprint density at radius 2 is 2.12 bits per heavy atom. The van der Waals surface area contributed by atoms with Crippen molar-refractivity contribution in [1.82, 2.24) is 9.97 Å². The third kappa shape index (κ3) is 4.93. The van der Waals surface area contributed by atoms with Gasteiger partial charge in [-0.2, -0.15) is 0 Å². The molecule has 3 aromatic rings. The number of halogens is 2. The summed E-state index contributed by atoms with van der Waals surface area (Å²) in [6, 6.07) is 4.74. The molecule has 0 saturated carbocycles. The van der Waals surface area contributed by atoms with Gasteiger partial charge in [0.1, 0.15) is 22.6 Å². The molecule has 1 aliphatic heterocycles. The molecule has 13 heteroatoms. The van der Waals surface area contributed by atoms with E-state index in [2.05, 4.69) is 20.0 Å². The van der Waals surface area contributed by atoms with Crippen LogP contribution >= 0.6 is 22.9 Å². The van der Waals surface area contributed by atoms with Crippen molar-refractivity contribution >= 4 is 55.5 Å². The van der Waals surface area contributed by atoms with Crippen LogP contribution in [0.1, 0.15) is 12.0 Å². The number of rotatable bonds is 8. The average molecular weight is 512 g/mol. The van der Waals surface area contributed by atoms with Gasteiger partial charge in [0.25, 0.3) is 10.0 Å². The number of thiazole rings is 1. The minimum Gasteiger partial charge on any atom is -0.396 e. The second kappa shape index (κ2) is 9.59. The molecule has 0 saturated heterocycles. The molecule has 3 heterocycles. The summed E-state index contributed by atoms with van der Waals surface area (Å²) in [7, 11) is -3.87. The van der Waals surface area contributed by atoms with Gasteiger partial charge in [0.05, 0.1) is 5.02 Å². The van der Waals surface area contributed by atoms with E-state index in [4.69, 9.17) is 11.6 Å². The summed E-state index contributed by atoms with van der Waals surface area (Å²) < 4.78 is 41.0. The number of carbonyl (C=O) groups is 1. The molecular weight excluding hydrogens is 493 g/mol. The number of pyridine rings is 1. The van der Waals surface area contributed by atoms with Gasteiger partial charge in [0.2, 0.25) is 5.91 Å². The topological polar surface area (TPSA) is 125 Å². The van der Waals surface area contributed by atoms with Gasteiger partial charge in [-0.15, -0.1) is 11.3 Å². The summed E-state index contributed by atoms with van der Waals surface area (Å²) in [6.45, 7) is 0.190. The number of anilines is 3. The number of hydrogen-bond acceptors (Lipinski definition) is 8. The Labute approximate surface area is 198 Å². The summed E-state index contributed by atoms with van der Waals surface area (Å²) in [6.07, 6.45) is 3.20. The zero-order chi connectivity index (χ0) is 23.6. The molecule has 4 rings (SSSR count). The first kappa shape index (κ1) is 23.4. The van der Waals surface area contributed by atoms with E-state index in [0.29, 0.717) is 24.2 Å². The number of carbonyl (C=O) groups excluding carboxylic acids is 1. The molecule has 0 radical (unpaired) electrons. The van der Waals surface area contributed by atoms with E-state index in [0.717, 1.165) is 17.5 Å². The molecule has 33 heavy (non-hydrogen) atoms. The first-order chi connectivity index (χ1) is 15.8. The lowest BCUT2D eigenvalue weighted by atomic mass is 10.1. The lowest BCUT2D eigenvalue weighted by molar-refractivity contribution is -0.117. The van der Waals surface area contributed by atoms with E-state index >= 15 is 0 Å². The maximum atomic E-state index is 13.8. The van der Waals surface area contributed by atoms with Crippen molar-refractivity contribution in [2.75, 3.05) is 28.1 Å². The molecule has 1 atom stereocenters. The third-order valence-corrected chi connectivity index (χ3v) is 7.67. The van der Waals surface area contributed by atoms with Crippen LogP contribution in [0.4, 0.5) is 21.0 Å². The van der Waals surface area contributed by atoms with Crippen LogP contribution in [0, 0.1) is 5.82 Å². The van der Waals surface area contributed by atoms with E-state index in [1.807, 2.05) is 0 Å². The monoisotopic (exact) mass is 511 g/mol. The van der Waals surface area contributed by atoms with Crippen molar-refractivity contribution < 1.29 is 22.7 Å². The molecule has 0 aliphatic carbocycles. The third-order valence-electron chi connectivity index (χ3n) is 5.12. The second-order valence-electron chi connectivity index (χ2n) is 7.14. The van der Waals surface area contributed by atoms with Crippen molar-refractivity contribution in [2.24, 2.45) is 0 Å². The summed E-state index contributed by atoms with van der Waals surface area (Å²) in [5.41, 5.74) is 1.26. The molecule has 0 spiro atoms. The summed E-state index contributed by atoms with van der Waals surface area (Å²) in [4.78, 5) is 22.6. The predicted molar refractivity (Wildman–Crippen MR) is 124 cm³/mol. The van der Waals surface area contributed by atoms with Crippen molar-refractivity contribution in [3.63, 3.8) is 0 Å². The molecule has 0 fully saturated rings. The van der Waals surface area contributed by atoms with E-state index in [9.17, 15) is 22.7 Å². The molecule has 174 valence electrons. The summed E-state index contributed by atoms with van der Waals surface area (Å²) in [5, 5.41) is 14.1. The van der Waals surface area contributed by atoms with Crippen LogP contribution in [-0.2, 0) is 21.2 Å². The highest BCUT2D eigenvalue weighted by molar-refractivity contribution is 7.93. The number of sulfonamides is 1. The Kier molecular flexibility index (Phi) is 6.79. The fourth-order valence-corrected chi connectivity index (χ4v) is 5.57. The normalized spacial score (nSPS) is 14.1. The molecule has 3 N–H and O–H groups in total. The fourth-order valence-electron chi connectivity index (χ4n) is 3.59. The zero-order valence-electron chi connectivity index (χ0n) is 17.0. The highest BCUT2D eigenvalue weighted by atomic mass is 35.5. The van der Waals surface area contributed by atoms with E-state index in [1.165, 1.54) is 24.4 Å². The highest BCUT2D eigenvalue weighted by Crippen LogP contribution is 2.37. The van der Waals surface area contributed by atoms with E-state index < -0.39 is 27.8 Å². The molecule has 9 nitrogen and oxygen atoms in total. The Morgan fingerprint density at radius 1 is 1.30 bits per heavy atom. The van der Waals surface area contributed by atoms with Gasteiger partial charge in [-0.05, 0) is 42.7 Å². The van der Waals surface area contributed by atoms with Crippen LogP contribution in [-0.4, -0.2) is 48.6 Å². The summed E-state index contributed by atoms with van der Waals surface area (Å²) in [5.74, 6) is -0.821. The van der Waals surface area contributed by atoms with Crippen molar-refractivity contribution in [2.45, 2.75) is 23.8 Å². The largest absolute Gasteiger partial charge is 0.396 e. The number of nitrogens with one attached hydrogen (secondary N) is 2. The Hall–Kier alpha value is -2.80. The van der Waals surface area contributed by atoms with Gasteiger partial charge in [0.15, 0.2) is 5.13 Å².